The van der Waals surface area contributed by atoms with Gasteiger partial charge in [0.2, 0.25) is 0 Å². The lowest BCUT2D eigenvalue weighted by atomic mass is 10.1. The van der Waals surface area contributed by atoms with Gasteiger partial charge in [0.05, 0.1) is 17.9 Å². The molecule has 1 atom stereocenters. The van der Waals surface area contributed by atoms with Crippen LogP contribution in [0.15, 0.2) is 60.9 Å². The molecule has 0 aliphatic heterocycles. The van der Waals surface area contributed by atoms with Crippen LogP contribution in [0, 0.1) is 6.92 Å². The summed E-state index contributed by atoms with van der Waals surface area (Å²) in [5, 5.41) is 7.30. The van der Waals surface area contributed by atoms with Crippen LogP contribution < -0.4 is 5.32 Å². The Morgan fingerprint density at radius 1 is 1.21 bits per heavy atom. The van der Waals surface area contributed by atoms with Gasteiger partial charge >= 0.3 is 6.03 Å². The fourth-order valence-electron chi connectivity index (χ4n) is 3.87. The van der Waals surface area contributed by atoms with E-state index in [1.807, 2.05) is 22.7 Å². The lowest BCUT2D eigenvalue weighted by Crippen LogP contribution is -2.37. The summed E-state index contributed by atoms with van der Waals surface area (Å²) in [6.07, 6.45) is 5.53. The largest absolute Gasteiger partial charge is 0.322 e. The fourth-order valence-corrected chi connectivity index (χ4v) is 3.87. The van der Waals surface area contributed by atoms with E-state index in [2.05, 4.69) is 65.9 Å². The molecule has 1 aliphatic carbocycles. The van der Waals surface area contributed by atoms with Crippen LogP contribution in [0.25, 0.3) is 0 Å². The first-order valence-corrected chi connectivity index (χ1v) is 9.87. The van der Waals surface area contributed by atoms with Gasteiger partial charge in [0.1, 0.15) is 0 Å². The quantitative estimate of drug-likeness (QED) is 0.688. The van der Waals surface area contributed by atoms with Gasteiger partial charge in [0.25, 0.3) is 0 Å². The Morgan fingerprint density at radius 3 is 2.75 bits per heavy atom. The standard InChI is InChI=1S/C23H26N4O/c1-3-26-16-20(14-24-26)25-23(28)27(15-18-10-8-17(2)9-11-18)22-13-12-19-6-4-5-7-21(19)22/h4-11,14,16,22H,3,12-13,15H2,1-2H3,(H,25,28)/t22-/m0/s1. The van der Waals surface area contributed by atoms with Crippen molar-refractivity contribution in [3.63, 3.8) is 0 Å². The third kappa shape index (κ3) is 3.79. The summed E-state index contributed by atoms with van der Waals surface area (Å²) in [5.41, 5.74) is 5.68. The summed E-state index contributed by atoms with van der Waals surface area (Å²) in [7, 11) is 0. The number of rotatable bonds is 5. The minimum absolute atomic E-state index is 0.0822. The highest BCUT2D eigenvalue weighted by Gasteiger charge is 2.31. The summed E-state index contributed by atoms with van der Waals surface area (Å²) in [6.45, 7) is 5.45. The Kier molecular flexibility index (Phi) is 5.15. The number of urea groups is 1. The number of aromatic nitrogens is 2. The van der Waals surface area contributed by atoms with Gasteiger partial charge in [0.15, 0.2) is 0 Å². The molecular weight excluding hydrogens is 348 g/mol. The van der Waals surface area contributed by atoms with Gasteiger partial charge in [-0.15, -0.1) is 0 Å². The highest BCUT2D eigenvalue weighted by Crippen LogP contribution is 2.36. The van der Waals surface area contributed by atoms with Gasteiger partial charge < -0.3 is 10.2 Å². The molecule has 0 spiro atoms. The molecule has 2 amide bonds. The first-order chi connectivity index (χ1) is 13.6. The van der Waals surface area contributed by atoms with Crippen molar-refractivity contribution >= 4 is 11.7 Å². The van der Waals surface area contributed by atoms with Crippen molar-refractivity contribution in [2.45, 2.75) is 45.8 Å². The molecule has 144 valence electrons. The first kappa shape index (κ1) is 18.3. The second kappa shape index (κ2) is 7.89. The van der Waals surface area contributed by atoms with Gasteiger partial charge in [0, 0.05) is 19.3 Å². The first-order valence-electron chi connectivity index (χ1n) is 9.87. The van der Waals surface area contributed by atoms with E-state index < -0.39 is 0 Å². The molecule has 1 aromatic heterocycles. The molecule has 4 rings (SSSR count). The predicted octanol–water partition coefficient (Wildman–Crippen LogP) is 4.93. The average Bonchev–Trinajstić information content (AvgIpc) is 3.34. The van der Waals surface area contributed by atoms with E-state index in [4.69, 9.17) is 0 Å². The predicted molar refractivity (Wildman–Crippen MR) is 111 cm³/mol. The summed E-state index contributed by atoms with van der Waals surface area (Å²) < 4.78 is 1.81. The zero-order valence-corrected chi connectivity index (χ0v) is 16.4. The van der Waals surface area contributed by atoms with Crippen molar-refractivity contribution in [2.24, 2.45) is 0 Å². The van der Waals surface area contributed by atoms with Crippen molar-refractivity contribution in [1.29, 1.82) is 0 Å². The Bertz CT molecular complexity index is 961. The number of nitrogens with one attached hydrogen (secondary N) is 1. The molecule has 0 fully saturated rings. The van der Waals surface area contributed by atoms with Crippen LogP contribution in [-0.4, -0.2) is 20.7 Å². The smallest absolute Gasteiger partial charge is 0.313 e. The molecule has 0 bridgehead atoms. The van der Waals surface area contributed by atoms with E-state index in [0.29, 0.717) is 6.54 Å². The molecule has 0 saturated carbocycles. The molecule has 5 heteroatoms. The molecule has 0 radical (unpaired) electrons. The summed E-state index contributed by atoms with van der Waals surface area (Å²) >= 11 is 0. The zero-order chi connectivity index (χ0) is 19.5. The number of nitrogens with zero attached hydrogens (tertiary/aromatic N) is 3. The minimum atomic E-state index is -0.0852. The highest BCUT2D eigenvalue weighted by atomic mass is 16.2. The number of benzene rings is 2. The third-order valence-electron chi connectivity index (χ3n) is 5.42. The van der Waals surface area contributed by atoms with Crippen molar-refractivity contribution < 1.29 is 4.79 Å². The number of carbonyl (C=O) groups excluding carboxylic acids is 1. The third-order valence-corrected chi connectivity index (χ3v) is 5.42. The monoisotopic (exact) mass is 374 g/mol. The molecule has 0 saturated heterocycles. The summed E-state index contributed by atoms with van der Waals surface area (Å²) in [4.78, 5) is 15.2. The molecule has 28 heavy (non-hydrogen) atoms. The number of amides is 2. The van der Waals surface area contributed by atoms with Crippen LogP contribution >= 0.6 is 0 Å². The molecular formula is C23H26N4O. The fraction of sp³-hybridized carbons (Fsp3) is 0.304. The van der Waals surface area contributed by atoms with E-state index in [9.17, 15) is 4.79 Å². The topological polar surface area (TPSA) is 50.2 Å². The maximum Gasteiger partial charge on any atom is 0.322 e. The second-order valence-electron chi connectivity index (χ2n) is 7.38. The number of aryl methyl sites for hydroxylation is 3. The van der Waals surface area contributed by atoms with Crippen LogP contribution in [0.1, 0.15) is 41.6 Å². The normalized spacial score (nSPS) is 15.3. The molecule has 1 N–H and O–H groups in total. The van der Waals surface area contributed by atoms with Gasteiger partial charge in [-0.1, -0.05) is 54.1 Å². The lowest BCUT2D eigenvalue weighted by molar-refractivity contribution is 0.183. The van der Waals surface area contributed by atoms with E-state index in [1.54, 1.807) is 6.20 Å². The molecule has 2 aromatic carbocycles. The molecule has 3 aromatic rings. The summed E-state index contributed by atoms with van der Waals surface area (Å²) in [6, 6.07) is 16.8. The molecule has 1 aliphatic rings. The van der Waals surface area contributed by atoms with Gasteiger partial charge in [-0.3, -0.25) is 4.68 Å². The van der Waals surface area contributed by atoms with E-state index in [-0.39, 0.29) is 12.1 Å². The zero-order valence-electron chi connectivity index (χ0n) is 16.4. The average molecular weight is 374 g/mol. The van der Waals surface area contributed by atoms with Crippen LogP contribution in [-0.2, 0) is 19.5 Å². The Balaban J connectivity index is 1.61. The SMILES string of the molecule is CCn1cc(NC(=O)N(Cc2ccc(C)cc2)[C@H]2CCc3ccccc32)cn1. The van der Waals surface area contributed by atoms with Crippen LogP contribution in [0.4, 0.5) is 10.5 Å². The maximum atomic E-state index is 13.3. The van der Waals surface area contributed by atoms with Gasteiger partial charge in [-0.25, -0.2) is 4.79 Å². The van der Waals surface area contributed by atoms with Gasteiger partial charge in [-0.2, -0.15) is 5.10 Å². The number of anilines is 1. The Labute approximate surface area is 166 Å². The number of hydrogen-bond acceptors (Lipinski definition) is 2. The van der Waals surface area contributed by atoms with Crippen molar-refractivity contribution in [3.8, 4) is 0 Å². The minimum Gasteiger partial charge on any atom is -0.313 e. The van der Waals surface area contributed by atoms with Crippen molar-refractivity contribution in [3.05, 3.63) is 83.2 Å². The highest BCUT2D eigenvalue weighted by molar-refractivity contribution is 5.89. The molecule has 5 nitrogen and oxygen atoms in total. The van der Waals surface area contributed by atoms with E-state index in [1.165, 1.54) is 16.7 Å². The molecule has 0 unspecified atom stereocenters. The van der Waals surface area contributed by atoms with Crippen LogP contribution in [0.3, 0.4) is 0 Å². The summed E-state index contributed by atoms with van der Waals surface area (Å²) in [5.74, 6) is 0. The molecule has 1 heterocycles. The number of hydrogen-bond donors (Lipinski definition) is 1. The van der Waals surface area contributed by atoms with Crippen molar-refractivity contribution in [1.82, 2.24) is 14.7 Å². The maximum absolute atomic E-state index is 13.3. The Morgan fingerprint density at radius 2 is 2.00 bits per heavy atom. The van der Waals surface area contributed by atoms with Crippen molar-refractivity contribution in [2.75, 3.05) is 5.32 Å². The number of fused-ring (bicyclic) bond motifs is 1. The second-order valence-corrected chi connectivity index (χ2v) is 7.38. The van der Waals surface area contributed by atoms with E-state index in [0.717, 1.165) is 30.6 Å². The number of carbonyl (C=O) groups is 1. The van der Waals surface area contributed by atoms with E-state index >= 15 is 0 Å². The lowest BCUT2D eigenvalue weighted by Gasteiger charge is -2.30. The van der Waals surface area contributed by atoms with Crippen LogP contribution in [0.5, 0.6) is 0 Å². The Hall–Kier alpha value is -3.08. The van der Waals surface area contributed by atoms with Crippen LogP contribution in [0.2, 0.25) is 0 Å². The van der Waals surface area contributed by atoms with Gasteiger partial charge in [-0.05, 0) is 43.4 Å².